The Morgan fingerprint density at radius 1 is 0.704 bits per heavy atom. The summed E-state index contributed by atoms with van der Waals surface area (Å²) in [5.41, 5.74) is 2.89. The summed E-state index contributed by atoms with van der Waals surface area (Å²) >= 11 is 0. The fourth-order valence-corrected chi connectivity index (χ4v) is 5.70. The lowest BCUT2D eigenvalue weighted by molar-refractivity contribution is 0.298. The highest BCUT2D eigenvalue weighted by atomic mass is 14.7. The first kappa shape index (κ1) is 20.9. The zero-order chi connectivity index (χ0) is 18.9. The summed E-state index contributed by atoms with van der Waals surface area (Å²) in [5.74, 6) is 3.50. The van der Waals surface area contributed by atoms with Gasteiger partial charge in [-0.1, -0.05) is 64.9 Å². The van der Waals surface area contributed by atoms with Crippen molar-refractivity contribution < 1.29 is 0 Å². The Bertz CT molecular complexity index is 504. The predicted octanol–water partition coefficient (Wildman–Crippen LogP) is 8.40. The van der Waals surface area contributed by atoms with Crippen molar-refractivity contribution in [1.82, 2.24) is 4.98 Å². The zero-order valence-electron chi connectivity index (χ0n) is 18.1. The van der Waals surface area contributed by atoms with Crippen LogP contribution in [-0.2, 0) is 0 Å². The standard InChI is InChI=1S/C26H43N/c1-3-5-6-7-9-22-12-16-24(17-13-22)26-19-18-25(20-27-26)23-14-10-21(8-4-2)11-15-23/h18-24H,3-17H2,1-2H3. The smallest absolute Gasteiger partial charge is 0.0434 e. The SMILES string of the molecule is CCCCCCC1CCC(c2ccc(C3CCC(CCC)CC3)cn2)CC1. The first-order chi connectivity index (χ1) is 13.3. The summed E-state index contributed by atoms with van der Waals surface area (Å²) in [4.78, 5) is 4.94. The molecule has 1 heterocycles. The van der Waals surface area contributed by atoms with E-state index in [1.54, 1.807) is 0 Å². The van der Waals surface area contributed by atoms with E-state index in [-0.39, 0.29) is 0 Å². The third-order valence-corrected chi connectivity index (χ3v) is 7.56. The number of nitrogens with zero attached hydrogens (tertiary/aromatic N) is 1. The number of aromatic nitrogens is 1. The molecule has 2 fully saturated rings. The molecule has 2 saturated carbocycles. The molecule has 1 heteroatoms. The molecule has 3 rings (SSSR count). The quantitative estimate of drug-likeness (QED) is 0.398. The van der Waals surface area contributed by atoms with Crippen molar-refractivity contribution in [2.75, 3.05) is 0 Å². The van der Waals surface area contributed by atoms with Gasteiger partial charge in [0.05, 0.1) is 0 Å². The predicted molar refractivity (Wildman–Crippen MR) is 117 cm³/mol. The maximum Gasteiger partial charge on any atom is 0.0434 e. The summed E-state index contributed by atoms with van der Waals surface area (Å²) < 4.78 is 0. The first-order valence-corrected chi connectivity index (χ1v) is 12.3. The first-order valence-electron chi connectivity index (χ1n) is 12.3. The molecule has 2 aliphatic rings. The Morgan fingerprint density at radius 3 is 1.96 bits per heavy atom. The van der Waals surface area contributed by atoms with E-state index in [1.165, 1.54) is 108 Å². The van der Waals surface area contributed by atoms with Gasteiger partial charge in [0.25, 0.3) is 0 Å². The molecule has 1 aromatic heterocycles. The summed E-state index contributed by atoms with van der Waals surface area (Å²) in [6.07, 6.45) is 23.4. The van der Waals surface area contributed by atoms with E-state index in [1.807, 2.05) is 0 Å². The van der Waals surface area contributed by atoms with E-state index in [0.29, 0.717) is 0 Å². The van der Waals surface area contributed by atoms with E-state index in [4.69, 9.17) is 4.98 Å². The maximum atomic E-state index is 4.94. The van der Waals surface area contributed by atoms with Gasteiger partial charge in [-0.2, -0.15) is 0 Å². The minimum Gasteiger partial charge on any atom is -0.261 e. The minimum atomic E-state index is 0.728. The molecule has 152 valence electrons. The average Bonchev–Trinajstić information content (AvgIpc) is 2.73. The van der Waals surface area contributed by atoms with Crippen LogP contribution in [0.15, 0.2) is 18.3 Å². The third kappa shape index (κ3) is 6.33. The van der Waals surface area contributed by atoms with Gasteiger partial charge in [0, 0.05) is 17.8 Å². The molecule has 2 aliphatic carbocycles. The van der Waals surface area contributed by atoms with Crippen molar-refractivity contribution in [3.63, 3.8) is 0 Å². The lowest BCUT2D eigenvalue weighted by Crippen LogP contribution is -2.15. The van der Waals surface area contributed by atoms with Crippen LogP contribution in [0.25, 0.3) is 0 Å². The maximum absolute atomic E-state index is 4.94. The van der Waals surface area contributed by atoms with E-state index < -0.39 is 0 Å². The van der Waals surface area contributed by atoms with Crippen LogP contribution in [0.5, 0.6) is 0 Å². The van der Waals surface area contributed by atoms with E-state index in [0.717, 1.165) is 23.7 Å². The fraction of sp³-hybridized carbons (Fsp3) is 0.808. The van der Waals surface area contributed by atoms with Crippen molar-refractivity contribution >= 4 is 0 Å². The molecule has 0 saturated heterocycles. The summed E-state index contributed by atoms with van der Waals surface area (Å²) in [6.45, 7) is 4.63. The second kappa shape index (κ2) is 11.2. The second-order valence-electron chi connectivity index (χ2n) is 9.59. The number of hydrogen-bond acceptors (Lipinski definition) is 1. The summed E-state index contributed by atoms with van der Waals surface area (Å²) in [5, 5.41) is 0. The lowest BCUT2D eigenvalue weighted by atomic mass is 9.77. The summed E-state index contributed by atoms with van der Waals surface area (Å²) in [6, 6.07) is 4.80. The van der Waals surface area contributed by atoms with Crippen LogP contribution in [0.1, 0.15) is 133 Å². The normalized spacial score (nSPS) is 29.0. The lowest BCUT2D eigenvalue weighted by Gasteiger charge is -2.30. The Hall–Kier alpha value is -0.850. The molecule has 0 unspecified atom stereocenters. The Morgan fingerprint density at radius 2 is 1.37 bits per heavy atom. The number of hydrogen-bond donors (Lipinski definition) is 0. The van der Waals surface area contributed by atoms with Crippen LogP contribution in [-0.4, -0.2) is 4.98 Å². The van der Waals surface area contributed by atoms with Crippen molar-refractivity contribution in [3.8, 4) is 0 Å². The minimum absolute atomic E-state index is 0.728. The summed E-state index contributed by atoms with van der Waals surface area (Å²) in [7, 11) is 0. The molecule has 0 N–H and O–H groups in total. The number of pyridine rings is 1. The van der Waals surface area contributed by atoms with Gasteiger partial charge >= 0.3 is 0 Å². The van der Waals surface area contributed by atoms with Gasteiger partial charge in [0.1, 0.15) is 0 Å². The molecule has 0 atom stereocenters. The van der Waals surface area contributed by atoms with Crippen LogP contribution in [0.2, 0.25) is 0 Å². The van der Waals surface area contributed by atoms with Gasteiger partial charge in [-0.25, -0.2) is 0 Å². The Labute approximate surface area is 168 Å². The van der Waals surface area contributed by atoms with Gasteiger partial charge in [-0.05, 0) is 80.8 Å². The van der Waals surface area contributed by atoms with Crippen LogP contribution in [0.4, 0.5) is 0 Å². The molecule has 0 radical (unpaired) electrons. The highest BCUT2D eigenvalue weighted by Crippen LogP contribution is 2.39. The molecular weight excluding hydrogens is 326 g/mol. The Kier molecular flexibility index (Phi) is 8.68. The number of unbranched alkanes of at least 4 members (excludes halogenated alkanes) is 3. The second-order valence-corrected chi connectivity index (χ2v) is 9.59. The highest BCUT2D eigenvalue weighted by molar-refractivity contribution is 5.21. The van der Waals surface area contributed by atoms with E-state index in [9.17, 15) is 0 Å². The van der Waals surface area contributed by atoms with Gasteiger partial charge in [0.15, 0.2) is 0 Å². The van der Waals surface area contributed by atoms with Gasteiger partial charge in [-0.15, -0.1) is 0 Å². The molecule has 0 bridgehead atoms. The molecular formula is C26H43N. The van der Waals surface area contributed by atoms with Crippen molar-refractivity contribution in [2.45, 2.75) is 122 Å². The fourth-order valence-electron chi connectivity index (χ4n) is 5.70. The van der Waals surface area contributed by atoms with Crippen LogP contribution in [0.3, 0.4) is 0 Å². The topological polar surface area (TPSA) is 12.9 Å². The highest BCUT2D eigenvalue weighted by Gasteiger charge is 2.25. The zero-order valence-corrected chi connectivity index (χ0v) is 18.1. The molecule has 0 spiro atoms. The van der Waals surface area contributed by atoms with Gasteiger partial charge in [0.2, 0.25) is 0 Å². The van der Waals surface area contributed by atoms with Gasteiger partial charge in [-0.3, -0.25) is 4.98 Å². The van der Waals surface area contributed by atoms with Crippen LogP contribution >= 0.6 is 0 Å². The molecule has 0 aromatic carbocycles. The van der Waals surface area contributed by atoms with E-state index >= 15 is 0 Å². The molecule has 1 aromatic rings. The average molecular weight is 370 g/mol. The number of rotatable bonds is 9. The molecule has 1 nitrogen and oxygen atoms in total. The molecule has 0 amide bonds. The van der Waals surface area contributed by atoms with E-state index in [2.05, 4.69) is 32.2 Å². The molecule has 0 aliphatic heterocycles. The van der Waals surface area contributed by atoms with Crippen molar-refractivity contribution in [1.29, 1.82) is 0 Å². The third-order valence-electron chi connectivity index (χ3n) is 7.56. The van der Waals surface area contributed by atoms with Crippen LogP contribution < -0.4 is 0 Å². The largest absolute Gasteiger partial charge is 0.261 e. The van der Waals surface area contributed by atoms with Crippen LogP contribution in [0, 0.1) is 11.8 Å². The van der Waals surface area contributed by atoms with Crippen molar-refractivity contribution in [3.05, 3.63) is 29.6 Å². The Balaban J connectivity index is 1.42. The van der Waals surface area contributed by atoms with Crippen molar-refractivity contribution in [2.24, 2.45) is 11.8 Å². The van der Waals surface area contributed by atoms with Gasteiger partial charge < -0.3 is 0 Å². The monoisotopic (exact) mass is 369 g/mol. The molecule has 27 heavy (non-hydrogen) atoms.